The van der Waals surface area contributed by atoms with Gasteiger partial charge in [-0.2, -0.15) is 0 Å². The number of aryl methyl sites for hydroxylation is 1. The number of carboxylic acid groups (broad SMARTS) is 1. The first-order chi connectivity index (χ1) is 9.30. The Morgan fingerprint density at radius 3 is 2.45 bits per heavy atom. The van der Waals surface area contributed by atoms with E-state index in [9.17, 15) is 9.59 Å². The Morgan fingerprint density at radius 2 is 1.95 bits per heavy atom. The van der Waals surface area contributed by atoms with Gasteiger partial charge in [-0.3, -0.25) is 0 Å². The Kier molecular flexibility index (Phi) is 5.13. The Bertz CT molecular complexity index is 502. The molecule has 0 aliphatic rings. The Morgan fingerprint density at radius 1 is 1.35 bits per heavy atom. The van der Waals surface area contributed by atoms with Crippen LogP contribution in [0.15, 0.2) is 24.3 Å². The van der Waals surface area contributed by atoms with Crippen molar-refractivity contribution in [2.24, 2.45) is 0 Å². The zero-order valence-corrected chi connectivity index (χ0v) is 12.4. The largest absolute Gasteiger partial charge is 0.480 e. The number of urea groups is 1. The third-order valence-electron chi connectivity index (χ3n) is 3.58. The molecule has 0 fully saturated rings. The predicted octanol–water partition coefficient (Wildman–Crippen LogP) is 2.39. The van der Waals surface area contributed by atoms with Crippen molar-refractivity contribution >= 4 is 12.0 Å². The highest BCUT2D eigenvalue weighted by Gasteiger charge is 2.33. The molecule has 2 N–H and O–H groups in total. The summed E-state index contributed by atoms with van der Waals surface area (Å²) in [5.41, 5.74) is 0.902. The van der Waals surface area contributed by atoms with Crippen molar-refractivity contribution in [3.05, 3.63) is 35.4 Å². The summed E-state index contributed by atoms with van der Waals surface area (Å²) in [5.74, 6) is -1.03. The van der Waals surface area contributed by atoms with Gasteiger partial charge >= 0.3 is 12.0 Å². The van der Waals surface area contributed by atoms with E-state index in [-0.39, 0.29) is 6.03 Å². The summed E-state index contributed by atoms with van der Waals surface area (Å²) in [5, 5.41) is 11.7. The number of carbonyl (C=O) groups excluding carboxylic acids is 1. The second kappa shape index (κ2) is 6.41. The van der Waals surface area contributed by atoms with Crippen molar-refractivity contribution in [3.8, 4) is 0 Å². The summed E-state index contributed by atoms with van der Waals surface area (Å²) >= 11 is 0. The van der Waals surface area contributed by atoms with E-state index in [1.165, 1.54) is 11.8 Å². The first kappa shape index (κ1) is 16.0. The SMILES string of the molecule is CCC(C)(NC(=O)N(C)Cc1ccccc1C)C(=O)O. The Labute approximate surface area is 119 Å². The normalized spacial score (nSPS) is 13.4. The summed E-state index contributed by atoms with van der Waals surface area (Å²) < 4.78 is 0. The zero-order chi connectivity index (χ0) is 15.3. The topological polar surface area (TPSA) is 69.6 Å². The van der Waals surface area contributed by atoms with Crippen LogP contribution in [-0.2, 0) is 11.3 Å². The van der Waals surface area contributed by atoms with E-state index in [0.717, 1.165) is 11.1 Å². The van der Waals surface area contributed by atoms with Crippen molar-refractivity contribution in [1.82, 2.24) is 10.2 Å². The molecular formula is C15H22N2O3. The summed E-state index contributed by atoms with van der Waals surface area (Å²) in [7, 11) is 1.65. The second-order valence-corrected chi connectivity index (χ2v) is 5.20. The van der Waals surface area contributed by atoms with Crippen molar-refractivity contribution in [2.75, 3.05) is 7.05 Å². The maximum absolute atomic E-state index is 12.1. The molecule has 0 bridgehead atoms. The quantitative estimate of drug-likeness (QED) is 0.869. The molecule has 2 amide bonds. The van der Waals surface area contributed by atoms with Crippen LogP contribution in [0.3, 0.4) is 0 Å². The number of hydrogen-bond acceptors (Lipinski definition) is 2. The molecule has 1 aromatic rings. The van der Waals surface area contributed by atoms with Gasteiger partial charge in [0.15, 0.2) is 0 Å². The summed E-state index contributed by atoms with van der Waals surface area (Å²) in [4.78, 5) is 24.8. The number of carboxylic acids is 1. The summed E-state index contributed by atoms with van der Waals surface area (Å²) in [6, 6.07) is 7.41. The lowest BCUT2D eigenvalue weighted by Crippen LogP contribution is -2.54. The molecule has 1 rings (SSSR count). The molecule has 5 nitrogen and oxygen atoms in total. The lowest BCUT2D eigenvalue weighted by molar-refractivity contribution is -0.143. The van der Waals surface area contributed by atoms with E-state index >= 15 is 0 Å². The van der Waals surface area contributed by atoms with Crippen molar-refractivity contribution in [3.63, 3.8) is 0 Å². The molecule has 0 radical (unpaired) electrons. The van der Waals surface area contributed by atoms with Crippen LogP contribution in [-0.4, -0.2) is 34.6 Å². The zero-order valence-electron chi connectivity index (χ0n) is 12.4. The molecular weight excluding hydrogens is 256 g/mol. The standard InChI is InChI=1S/C15H22N2O3/c1-5-15(3,13(18)19)16-14(20)17(4)10-12-9-7-6-8-11(12)2/h6-9H,5,10H2,1-4H3,(H,16,20)(H,18,19). The average molecular weight is 278 g/mol. The number of aliphatic carboxylic acids is 1. The van der Waals surface area contributed by atoms with Gasteiger partial charge in [0.05, 0.1) is 0 Å². The van der Waals surface area contributed by atoms with Crippen LogP contribution in [0.1, 0.15) is 31.4 Å². The van der Waals surface area contributed by atoms with Crippen LogP contribution < -0.4 is 5.32 Å². The summed E-state index contributed by atoms with van der Waals surface area (Å²) in [6.07, 6.45) is 0.326. The van der Waals surface area contributed by atoms with Gasteiger partial charge in [0.25, 0.3) is 0 Å². The number of carbonyl (C=O) groups is 2. The highest BCUT2D eigenvalue weighted by Crippen LogP contribution is 2.12. The van der Waals surface area contributed by atoms with E-state index in [0.29, 0.717) is 13.0 Å². The molecule has 0 aliphatic heterocycles. The van der Waals surface area contributed by atoms with E-state index < -0.39 is 11.5 Å². The van der Waals surface area contributed by atoms with Gasteiger partial charge in [-0.05, 0) is 31.4 Å². The number of rotatable bonds is 5. The van der Waals surface area contributed by atoms with Crippen LogP contribution in [0.4, 0.5) is 4.79 Å². The molecule has 0 saturated carbocycles. The third-order valence-corrected chi connectivity index (χ3v) is 3.58. The second-order valence-electron chi connectivity index (χ2n) is 5.20. The summed E-state index contributed by atoms with van der Waals surface area (Å²) in [6.45, 7) is 5.66. The lowest BCUT2D eigenvalue weighted by Gasteiger charge is -2.28. The van der Waals surface area contributed by atoms with E-state index in [1.54, 1.807) is 14.0 Å². The van der Waals surface area contributed by atoms with E-state index in [4.69, 9.17) is 5.11 Å². The van der Waals surface area contributed by atoms with Gasteiger partial charge in [-0.25, -0.2) is 9.59 Å². The van der Waals surface area contributed by atoms with Crippen molar-refractivity contribution in [1.29, 1.82) is 0 Å². The molecule has 0 aromatic heterocycles. The van der Waals surface area contributed by atoms with Gasteiger partial charge in [0, 0.05) is 13.6 Å². The number of benzene rings is 1. The van der Waals surface area contributed by atoms with Gasteiger partial charge in [-0.1, -0.05) is 31.2 Å². The maximum atomic E-state index is 12.1. The number of nitrogens with zero attached hydrogens (tertiary/aromatic N) is 1. The minimum atomic E-state index is -1.24. The van der Waals surface area contributed by atoms with E-state index in [1.807, 2.05) is 31.2 Å². The molecule has 0 heterocycles. The van der Waals surface area contributed by atoms with Gasteiger partial charge in [-0.15, -0.1) is 0 Å². The smallest absolute Gasteiger partial charge is 0.329 e. The van der Waals surface area contributed by atoms with Crippen LogP contribution >= 0.6 is 0 Å². The lowest BCUT2D eigenvalue weighted by atomic mass is 10.00. The monoisotopic (exact) mass is 278 g/mol. The van der Waals surface area contributed by atoms with Crippen LogP contribution in [0.5, 0.6) is 0 Å². The fourth-order valence-corrected chi connectivity index (χ4v) is 1.74. The molecule has 5 heteroatoms. The highest BCUT2D eigenvalue weighted by molar-refractivity contribution is 5.85. The molecule has 110 valence electrons. The third kappa shape index (κ3) is 3.73. The maximum Gasteiger partial charge on any atom is 0.329 e. The van der Waals surface area contributed by atoms with E-state index in [2.05, 4.69) is 5.32 Å². The fourth-order valence-electron chi connectivity index (χ4n) is 1.74. The van der Waals surface area contributed by atoms with Crippen LogP contribution in [0, 0.1) is 6.92 Å². The molecule has 0 saturated heterocycles. The molecule has 1 atom stereocenters. The Hall–Kier alpha value is -2.04. The first-order valence-corrected chi connectivity index (χ1v) is 6.61. The highest BCUT2D eigenvalue weighted by atomic mass is 16.4. The molecule has 0 aliphatic carbocycles. The van der Waals surface area contributed by atoms with Crippen LogP contribution in [0.25, 0.3) is 0 Å². The molecule has 0 spiro atoms. The van der Waals surface area contributed by atoms with Gasteiger partial charge < -0.3 is 15.3 Å². The van der Waals surface area contributed by atoms with Crippen LogP contribution in [0.2, 0.25) is 0 Å². The Balaban J connectivity index is 2.73. The minimum absolute atomic E-state index is 0.326. The number of hydrogen-bond donors (Lipinski definition) is 2. The predicted molar refractivity (Wildman–Crippen MR) is 77.5 cm³/mol. The number of nitrogens with one attached hydrogen (secondary N) is 1. The first-order valence-electron chi connectivity index (χ1n) is 6.61. The van der Waals surface area contributed by atoms with Gasteiger partial charge in [0.2, 0.25) is 0 Å². The average Bonchev–Trinajstić information content (AvgIpc) is 2.40. The van der Waals surface area contributed by atoms with Gasteiger partial charge in [0.1, 0.15) is 5.54 Å². The fraction of sp³-hybridized carbons (Fsp3) is 0.467. The van der Waals surface area contributed by atoms with Crippen molar-refractivity contribution in [2.45, 2.75) is 39.3 Å². The molecule has 1 unspecified atom stereocenters. The molecule has 1 aromatic carbocycles. The number of amides is 2. The molecule has 20 heavy (non-hydrogen) atoms. The van der Waals surface area contributed by atoms with Crippen molar-refractivity contribution < 1.29 is 14.7 Å². The minimum Gasteiger partial charge on any atom is -0.480 e.